The molecule has 0 saturated carbocycles. The van der Waals surface area contributed by atoms with Crippen LogP contribution in [-0.2, 0) is 14.9 Å². The van der Waals surface area contributed by atoms with E-state index in [1.807, 2.05) is 0 Å². The second kappa shape index (κ2) is 6.88. The van der Waals surface area contributed by atoms with Crippen molar-refractivity contribution in [2.24, 2.45) is 0 Å². The van der Waals surface area contributed by atoms with E-state index in [9.17, 15) is 23.3 Å². The third-order valence-corrected chi connectivity index (χ3v) is 3.87. The van der Waals surface area contributed by atoms with E-state index in [0.717, 1.165) is 6.07 Å². The highest BCUT2D eigenvalue weighted by Gasteiger charge is 2.18. The lowest BCUT2D eigenvalue weighted by Crippen LogP contribution is -2.21. The van der Waals surface area contributed by atoms with Crippen LogP contribution < -0.4 is 9.50 Å². The van der Waals surface area contributed by atoms with Crippen molar-refractivity contribution in [1.29, 1.82) is 0 Å². The molecule has 0 aliphatic heterocycles. The molecule has 0 spiro atoms. The fourth-order valence-electron chi connectivity index (χ4n) is 1.70. The quantitative estimate of drug-likeness (QED) is 0.487. The standard InChI is InChI=1S/C14H12N2O6S/c17-14(10-16(18)19)15-11-5-4-8-13(9-11)23(20,21)22-12-6-2-1-3-7-12/h1-9H,10H2,(H,15,17). The molecule has 8 nitrogen and oxygen atoms in total. The molecule has 0 saturated heterocycles. The molecule has 1 N–H and O–H groups in total. The van der Waals surface area contributed by atoms with E-state index < -0.39 is 27.5 Å². The van der Waals surface area contributed by atoms with Crippen LogP contribution in [0.15, 0.2) is 59.5 Å². The summed E-state index contributed by atoms with van der Waals surface area (Å²) in [5.41, 5.74) is 0.120. The first kappa shape index (κ1) is 16.4. The summed E-state index contributed by atoms with van der Waals surface area (Å²) in [6, 6.07) is 13.2. The van der Waals surface area contributed by atoms with Gasteiger partial charge in [-0.25, -0.2) is 0 Å². The van der Waals surface area contributed by atoms with Crippen molar-refractivity contribution in [1.82, 2.24) is 0 Å². The molecule has 0 heterocycles. The monoisotopic (exact) mass is 336 g/mol. The number of nitrogens with one attached hydrogen (secondary N) is 1. The average molecular weight is 336 g/mol. The molecule has 0 aliphatic rings. The number of amides is 1. The zero-order valence-electron chi connectivity index (χ0n) is 11.7. The largest absolute Gasteiger partial charge is 0.379 e. The van der Waals surface area contributed by atoms with Gasteiger partial charge >= 0.3 is 10.1 Å². The van der Waals surface area contributed by atoms with Gasteiger partial charge in [-0.2, -0.15) is 8.42 Å². The van der Waals surface area contributed by atoms with Crippen LogP contribution in [0.3, 0.4) is 0 Å². The third kappa shape index (κ3) is 4.78. The highest BCUT2D eigenvalue weighted by molar-refractivity contribution is 7.87. The van der Waals surface area contributed by atoms with Gasteiger partial charge in [-0.05, 0) is 30.3 Å². The number of anilines is 1. The van der Waals surface area contributed by atoms with Crippen molar-refractivity contribution in [3.05, 3.63) is 64.7 Å². The first-order chi connectivity index (χ1) is 10.9. The SMILES string of the molecule is O=C(C[N+](=O)[O-])Nc1cccc(S(=O)(=O)Oc2ccccc2)c1. The van der Waals surface area contributed by atoms with Gasteiger partial charge in [-0.3, -0.25) is 14.9 Å². The van der Waals surface area contributed by atoms with E-state index in [-0.39, 0.29) is 16.3 Å². The van der Waals surface area contributed by atoms with Gasteiger partial charge in [0.1, 0.15) is 10.6 Å². The van der Waals surface area contributed by atoms with E-state index in [1.165, 1.54) is 30.3 Å². The third-order valence-electron chi connectivity index (χ3n) is 2.63. The van der Waals surface area contributed by atoms with E-state index in [0.29, 0.717) is 0 Å². The Kier molecular flexibility index (Phi) is 4.91. The van der Waals surface area contributed by atoms with Crippen molar-refractivity contribution in [2.75, 3.05) is 11.9 Å². The summed E-state index contributed by atoms with van der Waals surface area (Å²) in [5.74, 6) is -0.705. The van der Waals surface area contributed by atoms with Crippen LogP contribution in [0.5, 0.6) is 5.75 Å². The number of benzene rings is 2. The molecule has 9 heteroatoms. The summed E-state index contributed by atoms with van der Waals surface area (Å²) in [6.45, 7) is -0.905. The zero-order valence-corrected chi connectivity index (χ0v) is 12.5. The Morgan fingerprint density at radius 2 is 1.83 bits per heavy atom. The van der Waals surface area contributed by atoms with Crippen molar-refractivity contribution >= 4 is 21.7 Å². The maximum atomic E-state index is 12.2. The van der Waals surface area contributed by atoms with Crippen molar-refractivity contribution < 1.29 is 22.3 Å². The van der Waals surface area contributed by atoms with Crippen LogP contribution in [0.2, 0.25) is 0 Å². The van der Waals surface area contributed by atoms with Crippen LogP contribution in [-0.4, -0.2) is 25.8 Å². The molecule has 0 fully saturated rings. The molecular weight excluding hydrogens is 324 g/mol. The fourth-order valence-corrected chi connectivity index (χ4v) is 2.68. The minimum atomic E-state index is -4.08. The lowest BCUT2D eigenvalue weighted by molar-refractivity contribution is -0.467. The molecule has 0 aromatic heterocycles. The number of nitrogens with zero attached hydrogens (tertiary/aromatic N) is 1. The minimum Gasteiger partial charge on any atom is -0.379 e. The highest BCUT2D eigenvalue weighted by Crippen LogP contribution is 2.20. The summed E-state index contributed by atoms with van der Waals surface area (Å²) >= 11 is 0. The van der Waals surface area contributed by atoms with Gasteiger partial charge in [0.05, 0.1) is 0 Å². The summed E-state index contributed by atoms with van der Waals surface area (Å²) in [6.07, 6.45) is 0. The molecular formula is C14H12N2O6S. The molecule has 2 rings (SSSR count). The molecule has 120 valence electrons. The zero-order chi connectivity index (χ0) is 16.9. The Hall–Kier alpha value is -2.94. The molecule has 0 radical (unpaired) electrons. The lowest BCUT2D eigenvalue weighted by Gasteiger charge is -2.08. The summed E-state index contributed by atoms with van der Waals surface area (Å²) < 4.78 is 29.3. The van der Waals surface area contributed by atoms with Gasteiger partial charge < -0.3 is 9.50 Å². The van der Waals surface area contributed by atoms with Crippen LogP contribution in [0.25, 0.3) is 0 Å². The minimum absolute atomic E-state index is 0.120. The average Bonchev–Trinajstić information content (AvgIpc) is 2.47. The van der Waals surface area contributed by atoms with Crippen molar-refractivity contribution in [2.45, 2.75) is 4.90 Å². The molecule has 0 atom stereocenters. The van der Waals surface area contributed by atoms with Gasteiger partial charge in [0.15, 0.2) is 0 Å². The fraction of sp³-hybridized carbons (Fsp3) is 0.0714. The Morgan fingerprint density at radius 1 is 1.13 bits per heavy atom. The number of hydrogen-bond acceptors (Lipinski definition) is 6. The Balaban J connectivity index is 2.18. The van der Waals surface area contributed by atoms with E-state index in [4.69, 9.17) is 4.18 Å². The number of carbonyl (C=O) groups is 1. The predicted molar refractivity (Wildman–Crippen MR) is 81.2 cm³/mol. The summed E-state index contributed by atoms with van der Waals surface area (Å²) in [7, 11) is -4.08. The molecule has 23 heavy (non-hydrogen) atoms. The molecule has 2 aromatic rings. The summed E-state index contributed by atoms with van der Waals surface area (Å²) in [5, 5.41) is 12.5. The van der Waals surface area contributed by atoms with Gasteiger partial charge in [0, 0.05) is 10.6 Å². The smallest absolute Gasteiger partial charge is 0.339 e. The lowest BCUT2D eigenvalue weighted by atomic mass is 10.3. The number of nitro groups is 1. The van der Waals surface area contributed by atoms with E-state index in [2.05, 4.69) is 5.32 Å². The Bertz CT molecular complexity index is 820. The van der Waals surface area contributed by atoms with Gasteiger partial charge in [-0.1, -0.05) is 24.3 Å². The van der Waals surface area contributed by atoms with Crippen LogP contribution >= 0.6 is 0 Å². The normalized spacial score (nSPS) is 10.8. The molecule has 2 aromatic carbocycles. The van der Waals surface area contributed by atoms with Crippen LogP contribution in [0.4, 0.5) is 5.69 Å². The van der Waals surface area contributed by atoms with Gasteiger partial charge in [0.2, 0.25) is 0 Å². The second-order valence-corrected chi connectivity index (χ2v) is 5.96. The van der Waals surface area contributed by atoms with Crippen LogP contribution in [0, 0.1) is 10.1 Å². The topological polar surface area (TPSA) is 116 Å². The van der Waals surface area contributed by atoms with Crippen molar-refractivity contribution in [3.8, 4) is 5.75 Å². The van der Waals surface area contributed by atoms with E-state index >= 15 is 0 Å². The number of para-hydroxylation sites is 1. The Morgan fingerprint density at radius 3 is 2.48 bits per heavy atom. The number of carbonyl (C=O) groups excluding carboxylic acids is 1. The molecule has 1 amide bonds. The van der Waals surface area contributed by atoms with E-state index in [1.54, 1.807) is 18.2 Å². The molecule has 0 aliphatic carbocycles. The van der Waals surface area contributed by atoms with Gasteiger partial charge in [0.25, 0.3) is 12.5 Å². The highest BCUT2D eigenvalue weighted by atomic mass is 32.2. The number of rotatable bonds is 6. The molecule has 0 unspecified atom stereocenters. The molecule has 0 bridgehead atoms. The number of hydrogen-bond donors (Lipinski definition) is 1. The van der Waals surface area contributed by atoms with Crippen LogP contribution in [0.1, 0.15) is 0 Å². The predicted octanol–water partition coefficient (Wildman–Crippen LogP) is 1.67. The van der Waals surface area contributed by atoms with Crippen molar-refractivity contribution in [3.63, 3.8) is 0 Å². The second-order valence-electron chi connectivity index (χ2n) is 4.42. The maximum Gasteiger partial charge on any atom is 0.339 e. The first-order valence-electron chi connectivity index (χ1n) is 6.38. The van der Waals surface area contributed by atoms with Gasteiger partial charge in [-0.15, -0.1) is 0 Å². The Labute approximate surface area is 132 Å². The summed E-state index contributed by atoms with van der Waals surface area (Å²) in [4.78, 5) is 20.6. The first-order valence-corrected chi connectivity index (χ1v) is 7.79. The maximum absolute atomic E-state index is 12.2.